The molecule has 0 atom stereocenters. The molecular formula is C18H19ClN2O2S. The van der Waals surface area contributed by atoms with Crippen LogP contribution >= 0.6 is 23.8 Å². The van der Waals surface area contributed by atoms with Crippen LogP contribution < -0.4 is 10.6 Å². The number of thiocarbonyl (C=S) groups is 1. The van der Waals surface area contributed by atoms with Gasteiger partial charge in [-0.25, -0.2) is 4.79 Å². The van der Waals surface area contributed by atoms with Gasteiger partial charge in [0.2, 0.25) is 0 Å². The lowest BCUT2D eigenvalue weighted by atomic mass is 10.2. The number of anilines is 1. The molecule has 0 aliphatic heterocycles. The highest BCUT2D eigenvalue weighted by atomic mass is 35.5. The van der Waals surface area contributed by atoms with E-state index in [2.05, 4.69) is 10.6 Å². The summed E-state index contributed by atoms with van der Waals surface area (Å²) in [4.78, 5) is 11.8. The number of halogens is 1. The van der Waals surface area contributed by atoms with Gasteiger partial charge in [0.25, 0.3) is 0 Å². The van der Waals surface area contributed by atoms with Crippen LogP contribution in [0.5, 0.6) is 0 Å². The van der Waals surface area contributed by atoms with Gasteiger partial charge in [0.15, 0.2) is 5.11 Å². The van der Waals surface area contributed by atoms with E-state index in [1.165, 1.54) is 0 Å². The molecule has 0 aromatic heterocycles. The van der Waals surface area contributed by atoms with Gasteiger partial charge in [0.1, 0.15) is 0 Å². The predicted molar refractivity (Wildman–Crippen MR) is 102 cm³/mol. The number of hydrogen-bond donors (Lipinski definition) is 2. The number of benzene rings is 2. The van der Waals surface area contributed by atoms with Crippen LogP contribution in [0.4, 0.5) is 5.69 Å². The number of carbonyl (C=O) groups excluding carboxylic acids is 1. The van der Waals surface area contributed by atoms with Crippen molar-refractivity contribution in [3.63, 3.8) is 0 Å². The Morgan fingerprint density at radius 3 is 2.33 bits per heavy atom. The highest BCUT2D eigenvalue weighted by Crippen LogP contribution is 2.12. The van der Waals surface area contributed by atoms with Crippen LogP contribution in [0.3, 0.4) is 0 Å². The third-order valence-electron chi connectivity index (χ3n) is 3.09. The second-order valence-corrected chi connectivity index (χ2v) is 6.31. The standard InChI is InChI=1S/C18H19ClN2O2S/c1-12(2)23-17(22)14-5-9-16(10-6-14)21-18(24)20-11-13-3-7-15(19)8-4-13/h3-10,12H,11H2,1-2H3,(H2,20,21,24). The van der Waals surface area contributed by atoms with E-state index in [0.29, 0.717) is 22.2 Å². The summed E-state index contributed by atoms with van der Waals surface area (Å²) < 4.78 is 5.15. The molecular weight excluding hydrogens is 344 g/mol. The maximum absolute atomic E-state index is 11.8. The quantitative estimate of drug-likeness (QED) is 0.610. The molecule has 0 fully saturated rings. The van der Waals surface area contributed by atoms with Crippen LogP contribution in [0.15, 0.2) is 48.5 Å². The van der Waals surface area contributed by atoms with Crippen LogP contribution in [0.2, 0.25) is 5.02 Å². The maximum atomic E-state index is 11.8. The van der Waals surface area contributed by atoms with E-state index < -0.39 is 0 Å². The molecule has 2 N–H and O–H groups in total. The molecule has 0 aliphatic carbocycles. The molecule has 6 heteroatoms. The number of esters is 1. The normalized spacial score (nSPS) is 10.3. The van der Waals surface area contributed by atoms with Crippen molar-refractivity contribution in [2.24, 2.45) is 0 Å². The highest BCUT2D eigenvalue weighted by molar-refractivity contribution is 7.80. The molecule has 0 heterocycles. The summed E-state index contributed by atoms with van der Waals surface area (Å²) in [5, 5.41) is 7.40. The van der Waals surface area contributed by atoms with Crippen LogP contribution in [-0.2, 0) is 11.3 Å². The van der Waals surface area contributed by atoms with Gasteiger partial charge in [-0.1, -0.05) is 23.7 Å². The number of hydrogen-bond acceptors (Lipinski definition) is 3. The lowest BCUT2D eigenvalue weighted by molar-refractivity contribution is 0.0378. The fourth-order valence-electron chi connectivity index (χ4n) is 1.93. The summed E-state index contributed by atoms with van der Waals surface area (Å²) in [6.45, 7) is 4.24. The predicted octanol–water partition coefficient (Wildman–Crippen LogP) is 4.39. The molecule has 0 saturated carbocycles. The van der Waals surface area contributed by atoms with Crippen molar-refractivity contribution in [1.82, 2.24) is 5.32 Å². The van der Waals surface area contributed by atoms with Crippen LogP contribution in [-0.4, -0.2) is 17.2 Å². The summed E-state index contributed by atoms with van der Waals surface area (Å²) >= 11 is 11.1. The zero-order chi connectivity index (χ0) is 17.5. The van der Waals surface area contributed by atoms with Gasteiger partial charge < -0.3 is 15.4 Å². The Kier molecular flexibility index (Phi) is 6.58. The van der Waals surface area contributed by atoms with Crippen molar-refractivity contribution in [3.05, 3.63) is 64.7 Å². The van der Waals surface area contributed by atoms with Gasteiger partial charge in [-0.05, 0) is 68.0 Å². The van der Waals surface area contributed by atoms with Crippen molar-refractivity contribution in [3.8, 4) is 0 Å². The Bertz CT molecular complexity index is 700. The molecule has 0 aliphatic rings. The topological polar surface area (TPSA) is 50.4 Å². The van der Waals surface area contributed by atoms with Gasteiger partial charge >= 0.3 is 5.97 Å². The van der Waals surface area contributed by atoms with Crippen LogP contribution in [0, 0.1) is 0 Å². The van der Waals surface area contributed by atoms with E-state index in [-0.39, 0.29) is 12.1 Å². The molecule has 0 spiro atoms. The highest BCUT2D eigenvalue weighted by Gasteiger charge is 2.08. The third-order valence-corrected chi connectivity index (χ3v) is 3.59. The Balaban J connectivity index is 1.85. The monoisotopic (exact) mass is 362 g/mol. The number of rotatable bonds is 5. The fourth-order valence-corrected chi connectivity index (χ4v) is 2.25. The zero-order valence-corrected chi connectivity index (χ0v) is 15.1. The molecule has 24 heavy (non-hydrogen) atoms. The van der Waals surface area contributed by atoms with E-state index in [1.54, 1.807) is 24.3 Å². The molecule has 0 amide bonds. The fraction of sp³-hybridized carbons (Fsp3) is 0.222. The van der Waals surface area contributed by atoms with E-state index >= 15 is 0 Å². The summed E-state index contributed by atoms with van der Waals surface area (Å²) in [6.07, 6.45) is -0.139. The first-order chi connectivity index (χ1) is 11.4. The smallest absolute Gasteiger partial charge is 0.338 e. The molecule has 4 nitrogen and oxygen atoms in total. The molecule has 0 unspecified atom stereocenters. The van der Waals surface area contributed by atoms with Crippen molar-refractivity contribution >= 4 is 40.6 Å². The second-order valence-electron chi connectivity index (χ2n) is 5.47. The molecule has 126 valence electrons. The second kappa shape index (κ2) is 8.66. The summed E-state index contributed by atoms with van der Waals surface area (Å²) in [5.41, 5.74) is 2.38. The van der Waals surface area contributed by atoms with Gasteiger partial charge in [0.05, 0.1) is 11.7 Å². The Hall–Kier alpha value is -2.11. The largest absolute Gasteiger partial charge is 0.459 e. The number of ether oxygens (including phenoxy) is 1. The Morgan fingerprint density at radius 2 is 1.75 bits per heavy atom. The maximum Gasteiger partial charge on any atom is 0.338 e. The minimum atomic E-state index is -0.333. The average molecular weight is 363 g/mol. The molecule has 0 saturated heterocycles. The van der Waals surface area contributed by atoms with Crippen LogP contribution in [0.1, 0.15) is 29.8 Å². The molecule has 2 aromatic carbocycles. The van der Waals surface area contributed by atoms with E-state index in [1.807, 2.05) is 38.1 Å². The van der Waals surface area contributed by atoms with Gasteiger partial charge in [-0.15, -0.1) is 0 Å². The Labute approximate surface area is 152 Å². The molecule has 2 aromatic rings. The minimum Gasteiger partial charge on any atom is -0.459 e. The van der Waals surface area contributed by atoms with Gasteiger partial charge in [-0.3, -0.25) is 0 Å². The SMILES string of the molecule is CC(C)OC(=O)c1ccc(NC(=S)NCc2ccc(Cl)cc2)cc1. The van der Waals surface area contributed by atoms with E-state index in [0.717, 1.165) is 11.3 Å². The van der Waals surface area contributed by atoms with E-state index in [4.69, 9.17) is 28.6 Å². The zero-order valence-electron chi connectivity index (χ0n) is 13.5. The third kappa shape index (κ3) is 5.83. The molecule has 0 radical (unpaired) electrons. The van der Waals surface area contributed by atoms with Gasteiger partial charge in [0, 0.05) is 17.3 Å². The van der Waals surface area contributed by atoms with Crippen molar-refractivity contribution in [2.45, 2.75) is 26.5 Å². The van der Waals surface area contributed by atoms with E-state index in [9.17, 15) is 4.79 Å². The van der Waals surface area contributed by atoms with Gasteiger partial charge in [-0.2, -0.15) is 0 Å². The lowest BCUT2D eigenvalue weighted by Crippen LogP contribution is -2.27. The number of nitrogens with one attached hydrogen (secondary N) is 2. The summed E-state index contributed by atoms with van der Waals surface area (Å²) in [7, 11) is 0. The average Bonchev–Trinajstić information content (AvgIpc) is 2.54. The lowest BCUT2D eigenvalue weighted by Gasteiger charge is -2.12. The summed E-state index contributed by atoms with van der Waals surface area (Å²) in [5.74, 6) is -0.333. The first kappa shape index (κ1) is 18.2. The van der Waals surface area contributed by atoms with Crippen molar-refractivity contribution in [2.75, 3.05) is 5.32 Å². The van der Waals surface area contributed by atoms with Crippen molar-refractivity contribution in [1.29, 1.82) is 0 Å². The molecule has 0 bridgehead atoms. The Morgan fingerprint density at radius 1 is 1.12 bits per heavy atom. The minimum absolute atomic E-state index is 0.139. The first-order valence-corrected chi connectivity index (χ1v) is 8.33. The number of carbonyl (C=O) groups is 1. The van der Waals surface area contributed by atoms with Crippen molar-refractivity contribution < 1.29 is 9.53 Å². The van der Waals surface area contributed by atoms with Crippen LogP contribution in [0.25, 0.3) is 0 Å². The molecule has 2 rings (SSSR count). The first-order valence-electron chi connectivity index (χ1n) is 7.54. The summed E-state index contributed by atoms with van der Waals surface area (Å²) in [6, 6.07) is 14.5.